The molecule has 1 fully saturated rings. The molecule has 12 nitrogen and oxygen atoms in total. The Morgan fingerprint density at radius 2 is 1.51 bits per heavy atom. The molecule has 3 unspecified atom stereocenters. The Balaban J connectivity index is 1.16. The van der Waals surface area contributed by atoms with Crippen LogP contribution >= 0.6 is 0 Å². The van der Waals surface area contributed by atoms with Gasteiger partial charge in [-0.05, 0) is 30.9 Å². The lowest BCUT2D eigenvalue weighted by Gasteiger charge is -2.32. The van der Waals surface area contributed by atoms with E-state index in [9.17, 15) is 10.2 Å². The van der Waals surface area contributed by atoms with Crippen molar-refractivity contribution in [3.63, 3.8) is 0 Å². The topological polar surface area (TPSA) is 148 Å². The number of hydrogen-bond donors (Lipinski definition) is 4. The monoisotopic (exact) mass is 607 g/mol. The predicted molar refractivity (Wildman–Crippen MR) is 164 cm³/mol. The Labute approximate surface area is 256 Å². The highest BCUT2D eigenvalue weighted by atomic mass is 16.7. The minimum atomic E-state index is -0.486. The van der Waals surface area contributed by atoms with Gasteiger partial charge in [-0.3, -0.25) is 0 Å². The highest BCUT2D eigenvalue weighted by Gasteiger charge is 2.28. The van der Waals surface area contributed by atoms with Crippen LogP contribution in [-0.4, -0.2) is 129 Å². The SMILES string of the molecule is C/C(N)=C/N(N)CCOCCOCCOCCN1C=CN(CCc2ccc(CCOC3CC(O)CC(CO)O3)cc2)CC1. The van der Waals surface area contributed by atoms with Gasteiger partial charge in [0.15, 0.2) is 6.29 Å². The maximum absolute atomic E-state index is 9.90. The molecule has 6 N–H and O–H groups in total. The third kappa shape index (κ3) is 15.2. The summed E-state index contributed by atoms with van der Waals surface area (Å²) in [6.07, 6.45) is 7.37. The summed E-state index contributed by atoms with van der Waals surface area (Å²) in [5, 5.41) is 20.7. The van der Waals surface area contributed by atoms with Crippen LogP contribution in [0.25, 0.3) is 0 Å². The first-order valence-electron chi connectivity index (χ1n) is 15.4. The molecule has 0 aromatic heterocycles. The van der Waals surface area contributed by atoms with Gasteiger partial charge >= 0.3 is 0 Å². The van der Waals surface area contributed by atoms with E-state index in [1.165, 1.54) is 16.1 Å². The molecule has 3 rings (SSSR count). The molecule has 1 saturated heterocycles. The molecule has 2 aliphatic heterocycles. The summed E-state index contributed by atoms with van der Waals surface area (Å²) < 4.78 is 28.2. The van der Waals surface area contributed by atoms with Gasteiger partial charge in [0, 0.05) is 63.3 Å². The van der Waals surface area contributed by atoms with Crippen LogP contribution in [0, 0.1) is 0 Å². The highest BCUT2D eigenvalue weighted by Crippen LogP contribution is 2.20. The Morgan fingerprint density at radius 3 is 2.14 bits per heavy atom. The van der Waals surface area contributed by atoms with E-state index in [0.29, 0.717) is 71.3 Å². The lowest BCUT2D eigenvalue weighted by atomic mass is 10.1. The maximum Gasteiger partial charge on any atom is 0.160 e. The van der Waals surface area contributed by atoms with Gasteiger partial charge in [0.2, 0.25) is 0 Å². The van der Waals surface area contributed by atoms with Gasteiger partial charge in [0.05, 0.1) is 71.6 Å². The Hall–Kier alpha value is -2.42. The van der Waals surface area contributed by atoms with Gasteiger partial charge in [-0.15, -0.1) is 0 Å². The zero-order valence-electron chi connectivity index (χ0n) is 25.7. The molecule has 244 valence electrons. The molecule has 0 spiro atoms. The molecule has 0 saturated carbocycles. The zero-order valence-corrected chi connectivity index (χ0v) is 25.7. The van der Waals surface area contributed by atoms with Gasteiger partial charge in [-0.1, -0.05) is 24.3 Å². The minimum absolute atomic E-state index is 0.0983. The second-order valence-corrected chi connectivity index (χ2v) is 11.0. The first-order valence-corrected chi connectivity index (χ1v) is 15.4. The molecular formula is C31H53N5O7. The lowest BCUT2D eigenvalue weighted by molar-refractivity contribution is -0.221. The summed E-state index contributed by atoms with van der Waals surface area (Å²) in [6.45, 7) is 9.94. The molecule has 1 aromatic carbocycles. The number of nitrogens with zero attached hydrogens (tertiary/aromatic N) is 3. The summed E-state index contributed by atoms with van der Waals surface area (Å²) in [7, 11) is 0. The smallest absolute Gasteiger partial charge is 0.160 e. The van der Waals surface area contributed by atoms with Crippen LogP contribution in [-0.2, 0) is 36.5 Å². The van der Waals surface area contributed by atoms with Crippen LogP contribution in [0.15, 0.2) is 48.6 Å². The summed E-state index contributed by atoms with van der Waals surface area (Å²) in [4.78, 5) is 4.64. The summed E-state index contributed by atoms with van der Waals surface area (Å²) in [5.74, 6) is 5.74. The molecule has 12 heteroatoms. The van der Waals surface area contributed by atoms with Crippen LogP contribution in [0.4, 0.5) is 0 Å². The van der Waals surface area contributed by atoms with Gasteiger partial charge < -0.3 is 54.4 Å². The van der Waals surface area contributed by atoms with Crippen molar-refractivity contribution in [2.24, 2.45) is 11.6 Å². The molecule has 0 radical (unpaired) electrons. The van der Waals surface area contributed by atoms with Crippen molar-refractivity contribution in [3.8, 4) is 0 Å². The van der Waals surface area contributed by atoms with Gasteiger partial charge in [-0.25, -0.2) is 5.84 Å². The van der Waals surface area contributed by atoms with Crippen molar-refractivity contribution in [2.75, 3.05) is 85.6 Å². The van der Waals surface area contributed by atoms with Crippen LogP contribution in [0.5, 0.6) is 0 Å². The van der Waals surface area contributed by atoms with Crippen LogP contribution in [0.2, 0.25) is 0 Å². The molecule has 3 atom stereocenters. The second-order valence-electron chi connectivity index (χ2n) is 11.0. The standard InChI is InChI=1S/C31H53N5O7/c1-26(32)24-36(33)14-17-40-19-21-41-20-18-39-16-13-35-11-9-34(10-12-35)8-6-27-2-4-28(5-3-27)7-15-42-31-23-29(38)22-30(25-37)43-31/h2-5,9,11,24,29-31,37-38H,6-8,10,12-23,25,32-33H2,1H3/b26-24-. The number of hydrogen-bond acceptors (Lipinski definition) is 12. The maximum atomic E-state index is 9.90. The summed E-state index contributed by atoms with van der Waals surface area (Å²) in [5.41, 5.74) is 8.74. The number of nitrogens with two attached hydrogens (primary N) is 2. The van der Waals surface area contributed by atoms with Crippen molar-refractivity contribution < 1.29 is 33.9 Å². The number of aliphatic hydroxyl groups excluding tert-OH is 2. The van der Waals surface area contributed by atoms with Gasteiger partial charge in [-0.2, -0.15) is 0 Å². The molecule has 2 heterocycles. The molecule has 1 aromatic rings. The quantitative estimate of drug-likeness (QED) is 0.0889. The largest absolute Gasteiger partial charge is 0.401 e. The third-order valence-corrected chi connectivity index (χ3v) is 7.25. The minimum Gasteiger partial charge on any atom is -0.401 e. The number of hydrazine groups is 1. The highest BCUT2D eigenvalue weighted by molar-refractivity contribution is 5.23. The number of allylic oxidation sites excluding steroid dienone is 1. The molecule has 0 bridgehead atoms. The molecule has 0 amide bonds. The van der Waals surface area contributed by atoms with Crippen molar-refractivity contribution in [1.82, 2.24) is 14.8 Å². The number of aliphatic hydroxyl groups is 2. The van der Waals surface area contributed by atoms with E-state index in [0.717, 1.165) is 39.0 Å². The summed E-state index contributed by atoms with van der Waals surface area (Å²) >= 11 is 0. The van der Waals surface area contributed by atoms with E-state index < -0.39 is 12.4 Å². The van der Waals surface area contributed by atoms with Gasteiger partial charge in [0.1, 0.15) is 0 Å². The van der Waals surface area contributed by atoms with Crippen molar-refractivity contribution in [1.29, 1.82) is 0 Å². The number of benzene rings is 1. The van der Waals surface area contributed by atoms with Crippen LogP contribution in [0.1, 0.15) is 30.9 Å². The molecule has 2 aliphatic rings. The number of ether oxygens (including phenoxy) is 5. The average molecular weight is 608 g/mol. The Kier molecular flexibility index (Phi) is 16.7. The average Bonchev–Trinajstić information content (AvgIpc) is 2.99. The molecular weight excluding hydrogens is 554 g/mol. The Morgan fingerprint density at radius 1 is 0.907 bits per heavy atom. The van der Waals surface area contributed by atoms with E-state index in [-0.39, 0.29) is 12.7 Å². The van der Waals surface area contributed by atoms with Gasteiger partial charge in [0.25, 0.3) is 0 Å². The van der Waals surface area contributed by atoms with E-state index in [1.54, 1.807) is 13.1 Å². The first kappa shape index (κ1) is 35.1. The first-order chi connectivity index (χ1) is 20.9. The summed E-state index contributed by atoms with van der Waals surface area (Å²) in [6, 6.07) is 8.67. The number of rotatable bonds is 21. The Bertz CT molecular complexity index is 932. The van der Waals surface area contributed by atoms with Crippen molar-refractivity contribution >= 4 is 0 Å². The fourth-order valence-electron chi connectivity index (χ4n) is 4.81. The normalized spacial score (nSPS) is 21.0. The van der Waals surface area contributed by atoms with Crippen molar-refractivity contribution in [3.05, 3.63) is 59.7 Å². The second kappa shape index (κ2) is 20.5. The molecule has 0 aliphatic carbocycles. The van der Waals surface area contributed by atoms with E-state index in [2.05, 4.69) is 46.5 Å². The zero-order chi connectivity index (χ0) is 30.7. The van der Waals surface area contributed by atoms with E-state index >= 15 is 0 Å². The van der Waals surface area contributed by atoms with Crippen LogP contribution < -0.4 is 11.6 Å². The van der Waals surface area contributed by atoms with Crippen molar-refractivity contribution in [2.45, 2.75) is 51.1 Å². The third-order valence-electron chi connectivity index (χ3n) is 7.25. The fourth-order valence-corrected chi connectivity index (χ4v) is 4.81. The van der Waals surface area contributed by atoms with E-state index in [4.69, 9.17) is 35.3 Å². The predicted octanol–water partition coefficient (Wildman–Crippen LogP) is 0.781. The molecule has 43 heavy (non-hydrogen) atoms. The lowest BCUT2D eigenvalue weighted by Crippen LogP contribution is -2.39. The fraction of sp³-hybridized carbons (Fsp3) is 0.677. The van der Waals surface area contributed by atoms with Crippen LogP contribution in [0.3, 0.4) is 0 Å². The van der Waals surface area contributed by atoms with E-state index in [1.807, 2.05) is 0 Å².